The minimum atomic E-state index is -2.91. The van der Waals surface area contributed by atoms with Crippen LogP contribution in [-0.4, -0.2) is 17.2 Å². The van der Waals surface area contributed by atoms with Crippen molar-refractivity contribution in [2.24, 2.45) is 0 Å². The number of para-hydroxylation sites is 4. The van der Waals surface area contributed by atoms with E-state index in [0.29, 0.717) is 0 Å². The molecule has 0 N–H and O–H groups in total. The van der Waals surface area contributed by atoms with Gasteiger partial charge < -0.3 is 9.13 Å². The summed E-state index contributed by atoms with van der Waals surface area (Å²) in [6.07, 6.45) is 0. The van der Waals surface area contributed by atoms with E-state index >= 15 is 0 Å². The molecule has 0 aliphatic rings. The zero-order valence-electron chi connectivity index (χ0n) is 28.0. The fourth-order valence-electron chi connectivity index (χ4n) is 8.59. The van der Waals surface area contributed by atoms with E-state index in [9.17, 15) is 0 Å². The lowest BCUT2D eigenvalue weighted by molar-refractivity contribution is 1.18. The normalized spacial score (nSPS) is 11.9. The van der Waals surface area contributed by atoms with Gasteiger partial charge in [0.15, 0.2) is 8.07 Å². The maximum absolute atomic E-state index is 2.91. The Bertz CT molecular complexity index is 2740. The molecule has 0 atom stereocenters. The largest absolute Gasteiger partial charge is 0.309 e. The van der Waals surface area contributed by atoms with Crippen LogP contribution in [0.5, 0.6) is 0 Å². The molecule has 51 heavy (non-hydrogen) atoms. The van der Waals surface area contributed by atoms with E-state index in [1.54, 1.807) is 0 Å². The van der Waals surface area contributed by atoms with Gasteiger partial charge in [-0.1, -0.05) is 158 Å². The van der Waals surface area contributed by atoms with Gasteiger partial charge in [-0.2, -0.15) is 0 Å². The molecule has 8 aromatic carbocycles. The summed E-state index contributed by atoms with van der Waals surface area (Å²) in [6, 6.07) is 76.2. The fourth-order valence-corrected chi connectivity index (χ4v) is 13.6. The molecule has 0 bridgehead atoms. The van der Waals surface area contributed by atoms with Crippen molar-refractivity contribution in [3.8, 4) is 11.4 Å². The van der Waals surface area contributed by atoms with Gasteiger partial charge in [0.25, 0.3) is 0 Å². The first-order chi connectivity index (χ1) is 25.3. The topological polar surface area (TPSA) is 9.86 Å². The molecule has 2 heterocycles. The maximum atomic E-state index is 2.44. The predicted molar refractivity (Wildman–Crippen MR) is 219 cm³/mol. The highest BCUT2D eigenvalue weighted by Crippen LogP contribution is 2.34. The monoisotopic (exact) mass is 666 g/mol. The summed E-state index contributed by atoms with van der Waals surface area (Å²) >= 11 is 0. The minimum Gasteiger partial charge on any atom is -0.309 e. The van der Waals surface area contributed by atoms with Gasteiger partial charge in [0.2, 0.25) is 0 Å². The van der Waals surface area contributed by atoms with Gasteiger partial charge in [0.1, 0.15) is 0 Å². The molecule has 0 aliphatic carbocycles. The Labute approximate surface area is 298 Å². The van der Waals surface area contributed by atoms with Gasteiger partial charge in [-0.05, 0) is 69.3 Å². The van der Waals surface area contributed by atoms with Crippen molar-refractivity contribution in [1.82, 2.24) is 9.13 Å². The number of aromatic nitrogens is 2. The van der Waals surface area contributed by atoms with Crippen LogP contribution in [0.15, 0.2) is 206 Å². The van der Waals surface area contributed by atoms with Gasteiger partial charge in [-0.25, -0.2) is 0 Å². The average Bonchev–Trinajstić information content (AvgIpc) is 3.73. The number of hydrogen-bond acceptors (Lipinski definition) is 0. The van der Waals surface area contributed by atoms with Gasteiger partial charge in [-0.15, -0.1) is 0 Å². The molecule has 3 heteroatoms. The first-order valence-corrected chi connectivity index (χ1v) is 19.6. The molecule has 0 saturated carbocycles. The van der Waals surface area contributed by atoms with Crippen molar-refractivity contribution in [2.45, 2.75) is 0 Å². The van der Waals surface area contributed by atoms with Gasteiger partial charge in [0, 0.05) is 32.9 Å². The molecule has 0 amide bonds. The second-order valence-corrected chi connectivity index (χ2v) is 17.1. The van der Waals surface area contributed by atoms with E-state index in [0.717, 1.165) is 0 Å². The van der Waals surface area contributed by atoms with Crippen LogP contribution in [0.3, 0.4) is 0 Å². The molecule has 0 unspecified atom stereocenters. The van der Waals surface area contributed by atoms with Gasteiger partial charge >= 0.3 is 0 Å². The third kappa shape index (κ3) is 4.42. The summed E-state index contributed by atoms with van der Waals surface area (Å²) in [5.41, 5.74) is 7.23. The van der Waals surface area contributed by atoms with Crippen LogP contribution < -0.4 is 20.7 Å². The minimum absolute atomic E-state index is 1.17. The molecule has 10 rings (SSSR count). The van der Waals surface area contributed by atoms with Crippen molar-refractivity contribution < 1.29 is 0 Å². The first-order valence-electron chi connectivity index (χ1n) is 17.6. The van der Waals surface area contributed by atoms with Gasteiger partial charge in [-0.3, -0.25) is 0 Å². The van der Waals surface area contributed by atoms with Crippen molar-refractivity contribution in [3.63, 3.8) is 0 Å². The van der Waals surface area contributed by atoms with Crippen molar-refractivity contribution >= 4 is 72.4 Å². The third-order valence-electron chi connectivity index (χ3n) is 10.7. The van der Waals surface area contributed by atoms with E-state index < -0.39 is 8.07 Å². The molecule has 0 radical (unpaired) electrons. The molecular formula is C48H34N2Si. The zero-order chi connectivity index (χ0) is 33.8. The van der Waals surface area contributed by atoms with E-state index in [1.165, 1.54) is 75.7 Å². The molecular weight excluding hydrogens is 633 g/mol. The summed E-state index contributed by atoms with van der Waals surface area (Å²) in [5, 5.41) is 10.6. The summed E-state index contributed by atoms with van der Waals surface area (Å²) in [7, 11) is -2.91. The number of benzene rings is 8. The molecule has 0 aliphatic heterocycles. The number of fused-ring (bicyclic) bond motifs is 6. The summed E-state index contributed by atoms with van der Waals surface area (Å²) in [6.45, 7) is 0. The van der Waals surface area contributed by atoms with Crippen LogP contribution in [0.1, 0.15) is 0 Å². The highest BCUT2D eigenvalue weighted by Gasteiger charge is 2.43. The van der Waals surface area contributed by atoms with Crippen molar-refractivity contribution in [3.05, 3.63) is 206 Å². The third-order valence-corrected chi connectivity index (χ3v) is 15.5. The molecule has 0 fully saturated rings. The summed E-state index contributed by atoms with van der Waals surface area (Å²) in [4.78, 5) is 0. The number of hydrogen-bond donors (Lipinski definition) is 0. The average molecular weight is 667 g/mol. The lowest BCUT2D eigenvalue weighted by Crippen LogP contribution is -2.74. The second kappa shape index (κ2) is 11.9. The Morgan fingerprint density at radius 2 is 0.667 bits per heavy atom. The summed E-state index contributed by atoms with van der Waals surface area (Å²) in [5.74, 6) is 0. The number of nitrogens with zero attached hydrogens (tertiary/aromatic N) is 2. The van der Waals surface area contributed by atoms with Crippen LogP contribution in [0.4, 0.5) is 0 Å². The predicted octanol–water partition coefficient (Wildman–Crippen LogP) is 9.26. The van der Waals surface area contributed by atoms with E-state index in [1.807, 2.05) is 0 Å². The number of rotatable bonds is 6. The van der Waals surface area contributed by atoms with Gasteiger partial charge in [0.05, 0.1) is 22.1 Å². The lowest BCUT2D eigenvalue weighted by Gasteiger charge is -2.35. The molecule has 0 spiro atoms. The Morgan fingerprint density at radius 1 is 0.275 bits per heavy atom. The van der Waals surface area contributed by atoms with Crippen molar-refractivity contribution in [2.75, 3.05) is 0 Å². The van der Waals surface area contributed by atoms with E-state index in [-0.39, 0.29) is 0 Å². The first kappa shape index (κ1) is 29.5. The maximum Gasteiger partial charge on any atom is 0.180 e. The molecule has 2 aromatic heterocycles. The Hall–Kier alpha value is -6.42. The van der Waals surface area contributed by atoms with E-state index in [2.05, 4.69) is 215 Å². The Kier molecular flexibility index (Phi) is 6.86. The summed E-state index contributed by atoms with van der Waals surface area (Å²) < 4.78 is 4.85. The Balaban J connectivity index is 1.30. The van der Waals surface area contributed by atoms with Crippen LogP contribution >= 0.6 is 0 Å². The SMILES string of the molecule is c1ccc(-n2c3ccccc3c3c([Si](c4ccccc4)(c4ccccc4)c4ccc(-n5c6ccccc6c6ccccc65)cc4)cccc32)cc1. The van der Waals surface area contributed by atoms with Crippen LogP contribution in [0.25, 0.3) is 55.0 Å². The molecule has 0 saturated heterocycles. The van der Waals surface area contributed by atoms with Crippen molar-refractivity contribution in [1.29, 1.82) is 0 Å². The standard InChI is InChI=1S/C48H34N2Si/c1-4-17-35(18-5-1)50-45-28-15-12-25-42(45)48-46(50)29-16-30-47(48)51(37-19-6-2-7-20-37,38-21-8-3-9-22-38)39-33-31-36(32-34-39)49-43-26-13-10-23-40(43)41-24-11-14-27-44(41)49/h1-34H. The van der Waals surface area contributed by atoms with E-state index in [4.69, 9.17) is 0 Å². The molecule has 10 aromatic rings. The Morgan fingerprint density at radius 3 is 1.24 bits per heavy atom. The van der Waals surface area contributed by atoms with Crippen LogP contribution in [-0.2, 0) is 0 Å². The molecule has 240 valence electrons. The second-order valence-electron chi connectivity index (χ2n) is 13.3. The highest BCUT2D eigenvalue weighted by atomic mass is 28.3. The fraction of sp³-hybridized carbons (Fsp3) is 0. The van der Waals surface area contributed by atoms with Crippen LogP contribution in [0.2, 0.25) is 0 Å². The molecule has 2 nitrogen and oxygen atoms in total. The zero-order valence-corrected chi connectivity index (χ0v) is 29.0. The highest BCUT2D eigenvalue weighted by molar-refractivity contribution is 7.20. The quantitative estimate of drug-likeness (QED) is 0.124. The lowest BCUT2D eigenvalue weighted by atomic mass is 10.1. The van der Waals surface area contributed by atoms with Crippen LogP contribution in [0, 0.1) is 0 Å². The smallest absolute Gasteiger partial charge is 0.180 e.